The number of nitrogens with zero attached hydrogens (tertiary/aromatic N) is 2. The van der Waals surface area contributed by atoms with Crippen LogP contribution in [-0.4, -0.2) is 17.1 Å². The molecule has 0 spiro atoms. The fourth-order valence-electron chi connectivity index (χ4n) is 2.12. The van der Waals surface area contributed by atoms with E-state index in [1.54, 1.807) is 7.11 Å². The number of anilines is 1. The SMILES string of the molecule is COc1cccc2cc(C(C)Nc3nccnc3F)oc12. The summed E-state index contributed by atoms with van der Waals surface area (Å²) >= 11 is 0. The van der Waals surface area contributed by atoms with Gasteiger partial charge in [-0.15, -0.1) is 0 Å². The summed E-state index contributed by atoms with van der Waals surface area (Å²) in [7, 11) is 1.59. The normalized spacial score (nSPS) is 12.3. The number of ether oxygens (including phenoxy) is 1. The van der Waals surface area contributed by atoms with Crippen LogP contribution in [0, 0.1) is 5.95 Å². The highest BCUT2D eigenvalue weighted by Gasteiger charge is 2.16. The Morgan fingerprint density at radius 1 is 1.29 bits per heavy atom. The summed E-state index contributed by atoms with van der Waals surface area (Å²) in [6.45, 7) is 1.86. The van der Waals surface area contributed by atoms with E-state index in [0.29, 0.717) is 17.1 Å². The third kappa shape index (κ3) is 2.52. The lowest BCUT2D eigenvalue weighted by atomic mass is 10.2. The molecule has 2 heterocycles. The second kappa shape index (κ2) is 5.40. The summed E-state index contributed by atoms with van der Waals surface area (Å²) in [5, 5.41) is 3.87. The predicted octanol–water partition coefficient (Wildman–Crippen LogP) is 3.54. The molecule has 0 amide bonds. The number of para-hydroxylation sites is 1. The van der Waals surface area contributed by atoms with Crippen molar-refractivity contribution in [3.05, 3.63) is 48.4 Å². The van der Waals surface area contributed by atoms with Crippen LogP contribution in [0.3, 0.4) is 0 Å². The quantitative estimate of drug-likeness (QED) is 0.795. The number of aromatic nitrogens is 2. The molecule has 0 fully saturated rings. The van der Waals surface area contributed by atoms with Crippen molar-refractivity contribution < 1.29 is 13.5 Å². The minimum Gasteiger partial charge on any atom is -0.493 e. The third-order valence-corrected chi connectivity index (χ3v) is 3.18. The lowest BCUT2D eigenvalue weighted by Gasteiger charge is -2.11. The molecule has 3 aromatic rings. The van der Waals surface area contributed by atoms with E-state index >= 15 is 0 Å². The van der Waals surface area contributed by atoms with E-state index in [4.69, 9.17) is 9.15 Å². The minimum absolute atomic E-state index is 0.0948. The molecule has 0 aliphatic carbocycles. The number of benzene rings is 1. The largest absolute Gasteiger partial charge is 0.493 e. The second-order valence-corrected chi connectivity index (χ2v) is 4.59. The number of fused-ring (bicyclic) bond motifs is 1. The highest BCUT2D eigenvalue weighted by atomic mass is 19.1. The Hall–Kier alpha value is -2.63. The maximum atomic E-state index is 13.5. The molecular formula is C15H14FN3O2. The number of furan rings is 1. The third-order valence-electron chi connectivity index (χ3n) is 3.18. The summed E-state index contributed by atoms with van der Waals surface area (Å²) in [6, 6.07) is 7.29. The zero-order valence-electron chi connectivity index (χ0n) is 11.6. The molecule has 1 N–H and O–H groups in total. The maximum Gasteiger partial charge on any atom is 0.255 e. The molecule has 1 aromatic carbocycles. The highest BCUT2D eigenvalue weighted by molar-refractivity contribution is 5.83. The molecule has 0 saturated heterocycles. The van der Waals surface area contributed by atoms with Crippen LogP contribution >= 0.6 is 0 Å². The van der Waals surface area contributed by atoms with E-state index in [9.17, 15) is 4.39 Å². The molecule has 21 heavy (non-hydrogen) atoms. The Kier molecular flexibility index (Phi) is 3.43. The molecule has 108 valence electrons. The van der Waals surface area contributed by atoms with Crippen molar-refractivity contribution in [2.24, 2.45) is 0 Å². The molecule has 0 aliphatic heterocycles. The summed E-state index contributed by atoms with van der Waals surface area (Å²) in [6.07, 6.45) is 2.73. The van der Waals surface area contributed by atoms with Gasteiger partial charge in [0.15, 0.2) is 17.2 Å². The van der Waals surface area contributed by atoms with Gasteiger partial charge in [-0.3, -0.25) is 0 Å². The van der Waals surface area contributed by atoms with E-state index in [2.05, 4.69) is 15.3 Å². The molecule has 5 nitrogen and oxygen atoms in total. The van der Waals surface area contributed by atoms with E-state index < -0.39 is 5.95 Å². The van der Waals surface area contributed by atoms with Gasteiger partial charge in [-0.2, -0.15) is 4.39 Å². The van der Waals surface area contributed by atoms with Gasteiger partial charge in [0.2, 0.25) is 0 Å². The fraction of sp³-hybridized carbons (Fsp3) is 0.200. The van der Waals surface area contributed by atoms with E-state index in [0.717, 1.165) is 5.39 Å². The molecule has 0 bridgehead atoms. The average Bonchev–Trinajstić information content (AvgIpc) is 2.93. The molecule has 6 heteroatoms. The van der Waals surface area contributed by atoms with Crippen molar-refractivity contribution in [3.63, 3.8) is 0 Å². The van der Waals surface area contributed by atoms with Gasteiger partial charge in [-0.05, 0) is 19.1 Å². The molecule has 0 aliphatic rings. The van der Waals surface area contributed by atoms with Crippen molar-refractivity contribution in [1.82, 2.24) is 9.97 Å². The number of hydrogen-bond acceptors (Lipinski definition) is 5. The van der Waals surface area contributed by atoms with Gasteiger partial charge in [0.1, 0.15) is 5.76 Å². The van der Waals surface area contributed by atoms with Gasteiger partial charge in [-0.1, -0.05) is 12.1 Å². The smallest absolute Gasteiger partial charge is 0.255 e. The van der Waals surface area contributed by atoms with Gasteiger partial charge in [0.25, 0.3) is 5.95 Å². The van der Waals surface area contributed by atoms with Crippen molar-refractivity contribution in [1.29, 1.82) is 0 Å². The first kappa shape index (κ1) is 13.4. The second-order valence-electron chi connectivity index (χ2n) is 4.59. The van der Waals surface area contributed by atoms with Gasteiger partial charge in [-0.25, -0.2) is 9.97 Å². The van der Waals surface area contributed by atoms with Crippen LogP contribution in [0.2, 0.25) is 0 Å². The molecule has 1 atom stereocenters. The fourth-order valence-corrected chi connectivity index (χ4v) is 2.12. The minimum atomic E-state index is -0.641. The van der Waals surface area contributed by atoms with Crippen molar-refractivity contribution >= 4 is 16.8 Å². The zero-order chi connectivity index (χ0) is 14.8. The molecule has 1 unspecified atom stereocenters. The first-order valence-electron chi connectivity index (χ1n) is 6.48. The summed E-state index contributed by atoms with van der Waals surface area (Å²) in [4.78, 5) is 7.47. The molecule has 3 rings (SSSR count). The van der Waals surface area contributed by atoms with Gasteiger partial charge >= 0.3 is 0 Å². The number of rotatable bonds is 4. The Bertz CT molecular complexity index is 772. The monoisotopic (exact) mass is 287 g/mol. The van der Waals surface area contributed by atoms with E-state index in [1.807, 2.05) is 31.2 Å². The van der Waals surface area contributed by atoms with Crippen LogP contribution in [0.25, 0.3) is 11.0 Å². The number of methoxy groups -OCH3 is 1. The van der Waals surface area contributed by atoms with Crippen LogP contribution in [0.4, 0.5) is 10.2 Å². The average molecular weight is 287 g/mol. The summed E-state index contributed by atoms with van der Waals surface area (Å²) in [5.41, 5.74) is 0.670. The van der Waals surface area contributed by atoms with Crippen LogP contribution in [0.5, 0.6) is 5.75 Å². The van der Waals surface area contributed by atoms with Crippen molar-refractivity contribution in [2.75, 3.05) is 12.4 Å². The van der Waals surface area contributed by atoms with Gasteiger partial charge in [0.05, 0.1) is 13.2 Å². The highest BCUT2D eigenvalue weighted by Crippen LogP contribution is 2.31. The number of halogens is 1. The summed E-state index contributed by atoms with van der Waals surface area (Å²) < 4.78 is 24.6. The standard InChI is InChI=1S/C15H14FN3O2/c1-9(19-15-14(16)17-6-7-18-15)12-8-10-4-3-5-11(20-2)13(10)21-12/h3-9H,1-2H3,(H,18,19). The Morgan fingerprint density at radius 3 is 2.86 bits per heavy atom. The predicted molar refractivity (Wildman–Crippen MR) is 76.8 cm³/mol. The lowest BCUT2D eigenvalue weighted by molar-refractivity contribution is 0.406. The van der Waals surface area contributed by atoms with Crippen LogP contribution in [-0.2, 0) is 0 Å². The molecular weight excluding hydrogens is 273 g/mol. The topological polar surface area (TPSA) is 60.2 Å². The van der Waals surface area contributed by atoms with Crippen molar-refractivity contribution in [3.8, 4) is 5.75 Å². The van der Waals surface area contributed by atoms with Crippen LogP contribution in [0.15, 0.2) is 41.1 Å². The van der Waals surface area contributed by atoms with Crippen molar-refractivity contribution in [2.45, 2.75) is 13.0 Å². The van der Waals surface area contributed by atoms with Crippen LogP contribution in [0.1, 0.15) is 18.7 Å². The van der Waals surface area contributed by atoms with Gasteiger partial charge in [0, 0.05) is 17.8 Å². The molecule has 2 aromatic heterocycles. The van der Waals surface area contributed by atoms with E-state index in [-0.39, 0.29) is 11.9 Å². The Morgan fingerprint density at radius 2 is 2.10 bits per heavy atom. The van der Waals surface area contributed by atoms with Crippen LogP contribution < -0.4 is 10.1 Å². The zero-order valence-corrected chi connectivity index (χ0v) is 11.6. The van der Waals surface area contributed by atoms with E-state index in [1.165, 1.54) is 12.4 Å². The Labute approximate surface area is 120 Å². The summed E-state index contributed by atoms with van der Waals surface area (Å²) in [5.74, 6) is 0.784. The first-order valence-corrected chi connectivity index (χ1v) is 6.48. The Balaban J connectivity index is 1.91. The molecule has 0 saturated carbocycles. The first-order chi connectivity index (χ1) is 10.2. The molecule has 0 radical (unpaired) electrons. The maximum absolute atomic E-state index is 13.5. The lowest BCUT2D eigenvalue weighted by Crippen LogP contribution is -2.09. The number of hydrogen-bond donors (Lipinski definition) is 1. The van der Waals surface area contributed by atoms with Gasteiger partial charge < -0.3 is 14.5 Å². The number of nitrogens with one attached hydrogen (secondary N) is 1.